The van der Waals surface area contributed by atoms with E-state index in [9.17, 15) is 4.79 Å². The van der Waals surface area contributed by atoms with E-state index in [4.69, 9.17) is 11.2 Å². The van der Waals surface area contributed by atoms with Gasteiger partial charge in [0.25, 0.3) is 0 Å². The second-order valence-corrected chi connectivity index (χ2v) is 4.99. The van der Waals surface area contributed by atoms with Crippen molar-refractivity contribution < 1.29 is 9.53 Å². The molecule has 100 valence electrons. The van der Waals surface area contributed by atoms with E-state index in [-0.39, 0.29) is 6.10 Å². The molecule has 1 aromatic rings. The van der Waals surface area contributed by atoms with E-state index in [1.54, 1.807) is 12.3 Å². The Morgan fingerprint density at radius 1 is 1.58 bits per heavy atom. The number of hydrogen-bond acceptors (Lipinski definition) is 4. The van der Waals surface area contributed by atoms with Gasteiger partial charge in [-0.25, -0.2) is 9.78 Å². The fourth-order valence-corrected chi connectivity index (χ4v) is 1.86. The first-order valence-electron chi connectivity index (χ1n) is 6.39. The molecular formula is C15H18N2O2. The van der Waals surface area contributed by atoms with Crippen LogP contribution in [0.5, 0.6) is 0 Å². The van der Waals surface area contributed by atoms with Crippen molar-refractivity contribution in [3.8, 4) is 12.3 Å². The van der Waals surface area contributed by atoms with Crippen LogP contribution in [0.4, 0.5) is 5.69 Å². The van der Waals surface area contributed by atoms with Crippen molar-refractivity contribution in [1.29, 1.82) is 0 Å². The normalized spacial score (nSPS) is 15.4. The topological polar surface area (TPSA) is 42.4 Å². The Bertz CT molecular complexity index is 484. The molecule has 0 spiro atoms. The van der Waals surface area contributed by atoms with Crippen molar-refractivity contribution in [2.75, 3.05) is 19.0 Å². The van der Waals surface area contributed by atoms with E-state index in [0.29, 0.717) is 18.0 Å². The molecule has 4 nitrogen and oxygen atoms in total. The minimum Gasteiger partial charge on any atom is -0.456 e. The Kier molecular flexibility index (Phi) is 4.06. The predicted molar refractivity (Wildman–Crippen MR) is 73.9 cm³/mol. The quantitative estimate of drug-likeness (QED) is 0.599. The highest BCUT2D eigenvalue weighted by Crippen LogP contribution is 2.36. The number of pyridine rings is 1. The minimum atomic E-state index is -0.391. The molecule has 1 aliphatic carbocycles. The van der Waals surface area contributed by atoms with Crippen LogP contribution in [0.15, 0.2) is 18.3 Å². The molecule has 1 aliphatic rings. The van der Waals surface area contributed by atoms with Crippen molar-refractivity contribution in [1.82, 2.24) is 4.98 Å². The van der Waals surface area contributed by atoms with Crippen LogP contribution in [0, 0.1) is 18.3 Å². The average Bonchev–Trinajstić information content (AvgIpc) is 3.22. The van der Waals surface area contributed by atoms with Crippen LogP contribution in [0.1, 0.15) is 29.8 Å². The average molecular weight is 258 g/mol. The standard InChI is InChI=1S/C15H18N2O2/c1-4-5-14(11-6-7-11)19-15(18)13-9-8-12(10-16-13)17(2)3/h1,8-11,14H,5-7H2,2-3H3. The number of hydrogen-bond donors (Lipinski definition) is 0. The highest BCUT2D eigenvalue weighted by molar-refractivity contribution is 5.87. The Morgan fingerprint density at radius 2 is 2.32 bits per heavy atom. The Hall–Kier alpha value is -2.02. The van der Waals surface area contributed by atoms with Gasteiger partial charge < -0.3 is 9.64 Å². The molecule has 1 fully saturated rings. The van der Waals surface area contributed by atoms with Crippen LogP contribution < -0.4 is 4.90 Å². The molecular weight excluding hydrogens is 240 g/mol. The van der Waals surface area contributed by atoms with Crippen molar-refractivity contribution in [2.24, 2.45) is 5.92 Å². The number of anilines is 1. The maximum Gasteiger partial charge on any atom is 0.357 e. The van der Waals surface area contributed by atoms with E-state index in [0.717, 1.165) is 18.5 Å². The van der Waals surface area contributed by atoms with E-state index in [2.05, 4.69) is 10.9 Å². The van der Waals surface area contributed by atoms with Crippen molar-refractivity contribution in [3.05, 3.63) is 24.0 Å². The lowest BCUT2D eigenvalue weighted by molar-refractivity contribution is 0.0254. The van der Waals surface area contributed by atoms with E-state index in [1.165, 1.54) is 0 Å². The van der Waals surface area contributed by atoms with Gasteiger partial charge in [-0.2, -0.15) is 0 Å². The zero-order valence-electron chi connectivity index (χ0n) is 11.3. The maximum absolute atomic E-state index is 12.0. The molecule has 0 aromatic carbocycles. The van der Waals surface area contributed by atoms with Gasteiger partial charge in [0.15, 0.2) is 0 Å². The van der Waals surface area contributed by atoms with Gasteiger partial charge in [-0.3, -0.25) is 0 Å². The highest BCUT2D eigenvalue weighted by Gasteiger charge is 2.33. The summed E-state index contributed by atoms with van der Waals surface area (Å²) in [4.78, 5) is 18.0. The molecule has 0 amide bonds. The summed E-state index contributed by atoms with van der Waals surface area (Å²) in [7, 11) is 3.84. The fraction of sp³-hybridized carbons (Fsp3) is 0.467. The SMILES string of the molecule is C#CCC(OC(=O)c1ccc(N(C)C)cn1)C1CC1. The third-order valence-corrected chi connectivity index (χ3v) is 3.20. The summed E-state index contributed by atoms with van der Waals surface area (Å²) in [6, 6.07) is 3.52. The predicted octanol–water partition coefficient (Wildman–Crippen LogP) is 2.11. The maximum atomic E-state index is 12.0. The highest BCUT2D eigenvalue weighted by atomic mass is 16.5. The van der Waals surface area contributed by atoms with Crippen LogP contribution in [0.3, 0.4) is 0 Å². The van der Waals surface area contributed by atoms with Gasteiger partial charge in [0, 0.05) is 20.5 Å². The number of esters is 1. The molecule has 4 heteroatoms. The molecule has 0 bridgehead atoms. The number of terminal acetylenes is 1. The molecule has 1 atom stereocenters. The summed E-state index contributed by atoms with van der Waals surface area (Å²) in [6.45, 7) is 0. The molecule has 2 rings (SSSR count). The molecule has 19 heavy (non-hydrogen) atoms. The first-order chi connectivity index (χ1) is 9.11. The van der Waals surface area contributed by atoms with E-state index < -0.39 is 5.97 Å². The number of ether oxygens (including phenoxy) is 1. The van der Waals surface area contributed by atoms with Gasteiger partial charge in [-0.05, 0) is 30.9 Å². The lowest BCUT2D eigenvalue weighted by Gasteiger charge is -2.15. The molecule has 1 aromatic heterocycles. The smallest absolute Gasteiger partial charge is 0.357 e. The van der Waals surface area contributed by atoms with Gasteiger partial charge >= 0.3 is 5.97 Å². The zero-order chi connectivity index (χ0) is 13.8. The van der Waals surface area contributed by atoms with Crippen LogP contribution in [-0.4, -0.2) is 31.2 Å². The summed E-state index contributed by atoms with van der Waals surface area (Å²) in [5, 5.41) is 0. The number of nitrogens with zero attached hydrogens (tertiary/aromatic N) is 2. The van der Waals surface area contributed by atoms with Crippen molar-refractivity contribution in [3.63, 3.8) is 0 Å². The summed E-state index contributed by atoms with van der Waals surface area (Å²) >= 11 is 0. The Morgan fingerprint density at radius 3 is 2.79 bits per heavy atom. The number of rotatable bonds is 5. The number of carbonyl (C=O) groups is 1. The molecule has 0 radical (unpaired) electrons. The molecule has 0 N–H and O–H groups in total. The fourth-order valence-electron chi connectivity index (χ4n) is 1.86. The van der Waals surface area contributed by atoms with E-state index >= 15 is 0 Å². The van der Waals surface area contributed by atoms with Crippen LogP contribution in [0.25, 0.3) is 0 Å². The zero-order valence-corrected chi connectivity index (χ0v) is 11.3. The van der Waals surface area contributed by atoms with Crippen LogP contribution >= 0.6 is 0 Å². The minimum absolute atomic E-state index is 0.159. The molecule has 1 unspecified atom stereocenters. The van der Waals surface area contributed by atoms with E-state index in [1.807, 2.05) is 25.1 Å². The number of carbonyl (C=O) groups excluding carboxylic acids is 1. The van der Waals surface area contributed by atoms with Gasteiger partial charge in [0.2, 0.25) is 0 Å². The summed E-state index contributed by atoms with van der Waals surface area (Å²) < 4.78 is 5.44. The Balaban J connectivity index is 2.00. The third-order valence-electron chi connectivity index (χ3n) is 3.20. The lowest BCUT2D eigenvalue weighted by Crippen LogP contribution is -2.20. The summed E-state index contributed by atoms with van der Waals surface area (Å²) in [5.74, 6) is 2.61. The largest absolute Gasteiger partial charge is 0.456 e. The second-order valence-electron chi connectivity index (χ2n) is 4.99. The lowest BCUT2D eigenvalue weighted by atomic mass is 10.2. The summed E-state index contributed by atoms with van der Waals surface area (Å²) in [5.41, 5.74) is 1.27. The molecule has 0 aliphatic heterocycles. The first-order valence-corrected chi connectivity index (χ1v) is 6.39. The van der Waals surface area contributed by atoms with Crippen LogP contribution in [-0.2, 0) is 4.74 Å². The third kappa shape index (κ3) is 3.47. The number of aromatic nitrogens is 1. The molecule has 1 heterocycles. The van der Waals surface area contributed by atoms with Crippen LogP contribution in [0.2, 0.25) is 0 Å². The van der Waals surface area contributed by atoms with Gasteiger partial charge in [-0.1, -0.05) is 0 Å². The van der Waals surface area contributed by atoms with Crippen molar-refractivity contribution in [2.45, 2.75) is 25.4 Å². The van der Waals surface area contributed by atoms with Gasteiger partial charge in [0.1, 0.15) is 11.8 Å². The summed E-state index contributed by atoms with van der Waals surface area (Å²) in [6.07, 6.45) is 9.46. The Labute approximate surface area is 113 Å². The van der Waals surface area contributed by atoms with Crippen molar-refractivity contribution >= 4 is 11.7 Å². The van der Waals surface area contributed by atoms with Gasteiger partial charge in [0.05, 0.1) is 11.9 Å². The van der Waals surface area contributed by atoms with Gasteiger partial charge in [-0.15, -0.1) is 12.3 Å². The molecule has 1 saturated carbocycles. The first kappa shape index (κ1) is 13.4. The molecule has 0 saturated heterocycles. The second kappa shape index (κ2) is 5.75. The monoisotopic (exact) mass is 258 g/mol.